The zero-order valence-corrected chi connectivity index (χ0v) is 14.5. The highest BCUT2D eigenvalue weighted by molar-refractivity contribution is 6.02. The van der Waals surface area contributed by atoms with Gasteiger partial charge in [0.25, 0.3) is 11.5 Å². The summed E-state index contributed by atoms with van der Waals surface area (Å²) < 4.78 is 19.8. The standard InChI is InChI=1S/C18H15FN4O4/c1-22-17(25)15(16(24)20-12-4-3-5-14(10-12)27-2)21-23(18(22)26)13-8-6-11(19)7-9-13/h3-10H,1-2H3,(H,20,24). The molecule has 0 aliphatic heterocycles. The molecule has 0 atom stereocenters. The minimum atomic E-state index is -0.848. The molecule has 0 saturated heterocycles. The van der Waals surface area contributed by atoms with Crippen LogP contribution in [-0.2, 0) is 7.05 Å². The van der Waals surface area contributed by atoms with Gasteiger partial charge in [-0.05, 0) is 36.4 Å². The van der Waals surface area contributed by atoms with Crippen LogP contribution in [0.2, 0.25) is 0 Å². The van der Waals surface area contributed by atoms with Crippen molar-refractivity contribution in [3.8, 4) is 11.4 Å². The second-order valence-corrected chi connectivity index (χ2v) is 5.57. The third-order valence-electron chi connectivity index (χ3n) is 3.79. The van der Waals surface area contributed by atoms with E-state index in [1.807, 2.05) is 0 Å². The van der Waals surface area contributed by atoms with Crippen LogP contribution in [0.4, 0.5) is 10.1 Å². The minimum absolute atomic E-state index is 0.215. The molecule has 2 aromatic carbocycles. The summed E-state index contributed by atoms with van der Waals surface area (Å²) in [5.74, 6) is -0.766. The van der Waals surface area contributed by atoms with Gasteiger partial charge < -0.3 is 10.1 Å². The highest BCUT2D eigenvalue weighted by atomic mass is 19.1. The van der Waals surface area contributed by atoms with Gasteiger partial charge in [0, 0.05) is 18.8 Å². The van der Waals surface area contributed by atoms with Crippen molar-refractivity contribution >= 4 is 11.6 Å². The van der Waals surface area contributed by atoms with E-state index in [1.165, 1.54) is 26.3 Å². The van der Waals surface area contributed by atoms with Crippen molar-refractivity contribution in [3.63, 3.8) is 0 Å². The van der Waals surface area contributed by atoms with Crippen LogP contribution in [0.1, 0.15) is 10.5 Å². The van der Waals surface area contributed by atoms with Gasteiger partial charge in [-0.3, -0.25) is 14.2 Å². The van der Waals surface area contributed by atoms with Crippen molar-refractivity contribution in [2.75, 3.05) is 12.4 Å². The van der Waals surface area contributed by atoms with Crippen molar-refractivity contribution in [3.05, 3.63) is 80.9 Å². The topological polar surface area (TPSA) is 95.2 Å². The quantitative estimate of drug-likeness (QED) is 0.748. The van der Waals surface area contributed by atoms with Crippen LogP contribution < -0.4 is 21.3 Å². The SMILES string of the molecule is COc1cccc(NC(=O)c2nn(-c3ccc(F)cc3)c(=O)n(C)c2=O)c1. The molecule has 138 valence electrons. The Morgan fingerprint density at radius 1 is 1.15 bits per heavy atom. The Bertz CT molecular complexity index is 1120. The number of amides is 1. The summed E-state index contributed by atoms with van der Waals surface area (Å²) >= 11 is 0. The fraction of sp³-hybridized carbons (Fsp3) is 0.111. The summed E-state index contributed by atoms with van der Waals surface area (Å²) in [7, 11) is 2.71. The first-order chi connectivity index (χ1) is 12.9. The molecule has 3 rings (SSSR count). The van der Waals surface area contributed by atoms with E-state index < -0.39 is 28.7 Å². The van der Waals surface area contributed by atoms with E-state index in [2.05, 4.69) is 10.4 Å². The Labute approximate surface area is 152 Å². The highest BCUT2D eigenvalue weighted by Crippen LogP contribution is 2.17. The lowest BCUT2D eigenvalue weighted by molar-refractivity contribution is 0.101. The van der Waals surface area contributed by atoms with E-state index in [4.69, 9.17) is 4.74 Å². The van der Waals surface area contributed by atoms with E-state index >= 15 is 0 Å². The number of carbonyl (C=O) groups is 1. The second-order valence-electron chi connectivity index (χ2n) is 5.57. The van der Waals surface area contributed by atoms with E-state index in [9.17, 15) is 18.8 Å². The van der Waals surface area contributed by atoms with Crippen LogP contribution in [0.15, 0.2) is 58.1 Å². The van der Waals surface area contributed by atoms with Crippen LogP contribution in [0, 0.1) is 5.82 Å². The molecular weight excluding hydrogens is 355 g/mol. The van der Waals surface area contributed by atoms with E-state index in [1.54, 1.807) is 24.3 Å². The minimum Gasteiger partial charge on any atom is -0.497 e. The monoisotopic (exact) mass is 370 g/mol. The van der Waals surface area contributed by atoms with Crippen molar-refractivity contribution in [2.24, 2.45) is 7.05 Å². The lowest BCUT2D eigenvalue weighted by Crippen LogP contribution is -2.43. The van der Waals surface area contributed by atoms with Crippen molar-refractivity contribution in [1.82, 2.24) is 14.3 Å². The molecule has 0 aliphatic carbocycles. The number of rotatable bonds is 4. The third kappa shape index (κ3) is 3.61. The Hall–Kier alpha value is -3.75. The number of carbonyl (C=O) groups excluding carboxylic acids is 1. The van der Waals surface area contributed by atoms with Crippen LogP contribution >= 0.6 is 0 Å². The second kappa shape index (κ2) is 7.24. The molecule has 0 aliphatic rings. The number of aromatic nitrogens is 3. The predicted molar refractivity (Wildman–Crippen MR) is 96.0 cm³/mol. The van der Waals surface area contributed by atoms with E-state index in [0.717, 1.165) is 21.4 Å². The number of anilines is 1. The van der Waals surface area contributed by atoms with Crippen LogP contribution in [0.5, 0.6) is 5.75 Å². The van der Waals surface area contributed by atoms with Crippen LogP contribution in [0.25, 0.3) is 5.69 Å². The van der Waals surface area contributed by atoms with Gasteiger partial charge >= 0.3 is 5.69 Å². The van der Waals surface area contributed by atoms with Crippen LogP contribution in [0.3, 0.4) is 0 Å². The van der Waals surface area contributed by atoms with Gasteiger partial charge in [0.15, 0.2) is 0 Å². The van der Waals surface area contributed by atoms with E-state index in [0.29, 0.717) is 11.4 Å². The Morgan fingerprint density at radius 3 is 2.52 bits per heavy atom. The summed E-state index contributed by atoms with van der Waals surface area (Å²) in [5, 5.41) is 6.41. The number of ether oxygens (including phenoxy) is 1. The summed E-state index contributed by atoms with van der Waals surface area (Å²) in [6, 6.07) is 11.5. The molecule has 9 heteroatoms. The summed E-state index contributed by atoms with van der Waals surface area (Å²) in [5.41, 5.74) is -1.48. The average Bonchev–Trinajstić information content (AvgIpc) is 2.67. The van der Waals surface area contributed by atoms with Gasteiger partial charge in [-0.2, -0.15) is 9.78 Å². The third-order valence-corrected chi connectivity index (χ3v) is 3.79. The molecule has 27 heavy (non-hydrogen) atoms. The Balaban J connectivity index is 2.04. The number of nitrogens with one attached hydrogen (secondary N) is 1. The van der Waals surface area contributed by atoms with Gasteiger partial charge in [0.1, 0.15) is 11.6 Å². The summed E-state index contributed by atoms with van der Waals surface area (Å²) in [6.07, 6.45) is 0. The molecule has 0 fully saturated rings. The van der Waals surface area contributed by atoms with Gasteiger partial charge in [0.2, 0.25) is 5.69 Å². The fourth-order valence-corrected chi connectivity index (χ4v) is 2.36. The maximum atomic E-state index is 13.1. The van der Waals surface area contributed by atoms with Gasteiger partial charge in [0.05, 0.1) is 12.8 Å². The first kappa shape index (κ1) is 18.1. The van der Waals surface area contributed by atoms with Gasteiger partial charge in [-0.25, -0.2) is 9.18 Å². The average molecular weight is 370 g/mol. The molecule has 1 N–H and O–H groups in total. The lowest BCUT2D eigenvalue weighted by atomic mass is 10.3. The molecule has 1 amide bonds. The van der Waals surface area contributed by atoms with Crippen molar-refractivity contribution in [1.29, 1.82) is 0 Å². The zero-order chi connectivity index (χ0) is 19.6. The molecule has 0 unspecified atom stereocenters. The maximum Gasteiger partial charge on any atom is 0.351 e. The number of hydrogen-bond donors (Lipinski definition) is 1. The molecule has 8 nitrogen and oxygen atoms in total. The smallest absolute Gasteiger partial charge is 0.351 e. The lowest BCUT2D eigenvalue weighted by Gasteiger charge is -2.10. The van der Waals surface area contributed by atoms with E-state index in [-0.39, 0.29) is 5.69 Å². The largest absolute Gasteiger partial charge is 0.497 e. The number of halogens is 1. The number of methoxy groups -OCH3 is 1. The van der Waals surface area contributed by atoms with Gasteiger partial charge in [-0.15, -0.1) is 0 Å². The highest BCUT2D eigenvalue weighted by Gasteiger charge is 2.19. The molecule has 1 heterocycles. The number of benzene rings is 2. The van der Waals surface area contributed by atoms with Crippen molar-refractivity contribution < 1.29 is 13.9 Å². The summed E-state index contributed by atoms with van der Waals surface area (Å²) in [4.78, 5) is 37.2. The fourth-order valence-electron chi connectivity index (χ4n) is 2.36. The Morgan fingerprint density at radius 2 is 1.85 bits per heavy atom. The molecular formula is C18H15FN4O4. The molecule has 0 radical (unpaired) electrons. The van der Waals surface area contributed by atoms with Gasteiger partial charge in [-0.1, -0.05) is 6.07 Å². The first-order valence-corrected chi connectivity index (χ1v) is 7.82. The maximum absolute atomic E-state index is 13.1. The molecule has 0 spiro atoms. The normalized spacial score (nSPS) is 10.5. The van der Waals surface area contributed by atoms with Crippen molar-refractivity contribution in [2.45, 2.75) is 0 Å². The predicted octanol–water partition coefficient (Wildman–Crippen LogP) is 1.33. The number of nitrogens with zero attached hydrogens (tertiary/aromatic N) is 3. The molecule has 1 aromatic heterocycles. The van der Waals surface area contributed by atoms with Crippen LogP contribution in [-0.4, -0.2) is 27.4 Å². The first-order valence-electron chi connectivity index (χ1n) is 7.82. The number of hydrogen-bond acceptors (Lipinski definition) is 5. The summed E-state index contributed by atoms with van der Waals surface area (Å²) in [6.45, 7) is 0. The zero-order valence-electron chi connectivity index (χ0n) is 14.5. The molecule has 0 bridgehead atoms. The molecule has 3 aromatic rings. The molecule has 0 saturated carbocycles. The Kier molecular flexibility index (Phi) is 4.84.